The Morgan fingerprint density at radius 1 is 1.28 bits per heavy atom. The van der Waals surface area contributed by atoms with E-state index in [1.165, 1.54) is 0 Å². The number of likely N-dealkylation sites (N-methyl/N-ethyl adjacent to an activating group) is 1. The molecule has 0 saturated carbocycles. The Balaban J connectivity index is 2.03. The lowest BCUT2D eigenvalue weighted by Gasteiger charge is -2.32. The summed E-state index contributed by atoms with van der Waals surface area (Å²) in [6.07, 6.45) is 1.40. The number of nitrogens with zero attached hydrogens (tertiary/aromatic N) is 2. The monoisotopic (exact) mass is 256 g/mol. The van der Waals surface area contributed by atoms with Gasteiger partial charge in [0.05, 0.1) is 0 Å². The van der Waals surface area contributed by atoms with Crippen LogP contribution >= 0.6 is 0 Å². The number of piperazine rings is 1. The molecule has 0 unspecified atom stereocenters. The predicted octanol–water partition coefficient (Wildman–Crippen LogP) is -0.132. The normalized spacial score (nSPS) is 18.9. The van der Waals surface area contributed by atoms with Gasteiger partial charge in [-0.05, 0) is 33.9 Å². The highest BCUT2D eigenvalue weighted by atomic mass is 16.1. The van der Waals surface area contributed by atoms with E-state index in [0.29, 0.717) is 6.42 Å². The van der Waals surface area contributed by atoms with E-state index in [2.05, 4.69) is 22.2 Å². The molecular weight excluding hydrogens is 228 g/mol. The zero-order valence-electron chi connectivity index (χ0n) is 12.0. The minimum Gasteiger partial charge on any atom is -0.356 e. The second kappa shape index (κ2) is 7.07. The standard InChI is InChI=1S/C13H28N4O/c1-13(2,14)11-12(18)15-5-4-6-17-9-7-16(3)8-10-17/h4-11,14H2,1-3H3,(H,15,18). The van der Waals surface area contributed by atoms with Gasteiger partial charge in [0.25, 0.3) is 0 Å². The van der Waals surface area contributed by atoms with Crippen molar-refractivity contribution < 1.29 is 4.79 Å². The first-order valence-electron chi connectivity index (χ1n) is 6.83. The van der Waals surface area contributed by atoms with Crippen LogP contribution in [0, 0.1) is 0 Å². The quantitative estimate of drug-likeness (QED) is 0.650. The number of hydrogen-bond donors (Lipinski definition) is 2. The maximum atomic E-state index is 11.5. The van der Waals surface area contributed by atoms with Gasteiger partial charge in [0.15, 0.2) is 0 Å². The van der Waals surface area contributed by atoms with Crippen molar-refractivity contribution in [3.8, 4) is 0 Å². The maximum absolute atomic E-state index is 11.5. The molecule has 0 radical (unpaired) electrons. The molecule has 1 aliphatic heterocycles. The smallest absolute Gasteiger partial charge is 0.221 e. The first-order chi connectivity index (χ1) is 8.37. The Kier molecular flexibility index (Phi) is 6.05. The summed E-state index contributed by atoms with van der Waals surface area (Å²) >= 11 is 0. The molecule has 1 rings (SSSR count). The molecule has 0 aromatic carbocycles. The molecule has 1 heterocycles. The van der Waals surface area contributed by atoms with Gasteiger partial charge in [-0.25, -0.2) is 0 Å². The van der Waals surface area contributed by atoms with Gasteiger partial charge >= 0.3 is 0 Å². The van der Waals surface area contributed by atoms with E-state index in [1.54, 1.807) is 0 Å². The second-order valence-corrected chi connectivity index (χ2v) is 6.01. The molecule has 0 aromatic rings. The van der Waals surface area contributed by atoms with Gasteiger partial charge in [0, 0.05) is 44.7 Å². The van der Waals surface area contributed by atoms with Crippen molar-refractivity contribution in [1.29, 1.82) is 0 Å². The Hall–Kier alpha value is -0.650. The van der Waals surface area contributed by atoms with E-state index >= 15 is 0 Å². The van der Waals surface area contributed by atoms with Crippen molar-refractivity contribution in [1.82, 2.24) is 15.1 Å². The van der Waals surface area contributed by atoms with E-state index in [-0.39, 0.29) is 5.91 Å². The minimum absolute atomic E-state index is 0.0564. The van der Waals surface area contributed by atoms with Crippen LogP contribution in [0.4, 0.5) is 0 Å². The highest BCUT2D eigenvalue weighted by molar-refractivity contribution is 5.76. The topological polar surface area (TPSA) is 61.6 Å². The fourth-order valence-corrected chi connectivity index (χ4v) is 2.08. The summed E-state index contributed by atoms with van der Waals surface area (Å²) < 4.78 is 0. The molecule has 0 aliphatic carbocycles. The minimum atomic E-state index is -0.415. The Morgan fingerprint density at radius 3 is 2.44 bits per heavy atom. The van der Waals surface area contributed by atoms with Gasteiger partial charge in [-0.2, -0.15) is 0 Å². The molecule has 1 fully saturated rings. The third-order valence-electron chi connectivity index (χ3n) is 3.19. The average Bonchev–Trinajstić information content (AvgIpc) is 2.24. The Bertz CT molecular complexity index is 254. The van der Waals surface area contributed by atoms with Crippen molar-refractivity contribution in [2.24, 2.45) is 5.73 Å². The van der Waals surface area contributed by atoms with Gasteiger partial charge in [-0.15, -0.1) is 0 Å². The second-order valence-electron chi connectivity index (χ2n) is 6.01. The molecule has 1 amide bonds. The molecule has 106 valence electrons. The van der Waals surface area contributed by atoms with Crippen LogP contribution in [0.5, 0.6) is 0 Å². The predicted molar refractivity (Wildman–Crippen MR) is 74.4 cm³/mol. The number of hydrogen-bond acceptors (Lipinski definition) is 4. The van der Waals surface area contributed by atoms with Crippen LogP contribution in [0.1, 0.15) is 26.7 Å². The van der Waals surface area contributed by atoms with Gasteiger partial charge in [-0.3, -0.25) is 4.79 Å². The largest absolute Gasteiger partial charge is 0.356 e. The summed E-state index contributed by atoms with van der Waals surface area (Å²) in [5.74, 6) is 0.0564. The van der Waals surface area contributed by atoms with E-state index in [9.17, 15) is 4.79 Å². The van der Waals surface area contributed by atoms with Gasteiger partial charge in [0.1, 0.15) is 0 Å². The SMILES string of the molecule is CN1CCN(CCCNC(=O)CC(C)(C)N)CC1. The van der Waals surface area contributed by atoms with Crippen LogP contribution in [-0.4, -0.2) is 67.6 Å². The first kappa shape index (κ1) is 15.4. The summed E-state index contributed by atoms with van der Waals surface area (Å²) in [5, 5.41) is 2.93. The van der Waals surface area contributed by atoms with Crippen molar-refractivity contribution in [2.45, 2.75) is 32.2 Å². The van der Waals surface area contributed by atoms with Crippen LogP contribution in [0.15, 0.2) is 0 Å². The van der Waals surface area contributed by atoms with Gasteiger partial charge in [-0.1, -0.05) is 0 Å². The van der Waals surface area contributed by atoms with Crippen LogP contribution in [0.3, 0.4) is 0 Å². The molecule has 18 heavy (non-hydrogen) atoms. The average molecular weight is 256 g/mol. The molecule has 0 atom stereocenters. The molecule has 0 spiro atoms. The number of amides is 1. The molecule has 1 aliphatic rings. The van der Waals surface area contributed by atoms with Crippen molar-refractivity contribution in [2.75, 3.05) is 46.3 Å². The van der Waals surface area contributed by atoms with E-state index < -0.39 is 5.54 Å². The van der Waals surface area contributed by atoms with Crippen molar-refractivity contribution in [3.63, 3.8) is 0 Å². The first-order valence-corrected chi connectivity index (χ1v) is 6.83. The fraction of sp³-hybridized carbons (Fsp3) is 0.923. The number of nitrogens with two attached hydrogens (primary N) is 1. The summed E-state index contributed by atoms with van der Waals surface area (Å²) in [4.78, 5) is 16.3. The lowest BCUT2D eigenvalue weighted by molar-refractivity contribution is -0.122. The van der Waals surface area contributed by atoms with Crippen LogP contribution in [0.2, 0.25) is 0 Å². The van der Waals surface area contributed by atoms with Crippen LogP contribution in [0.25, 0.3) is 0 Å². The van der Waals surface area contributed by atoms with Crippen LogP contribution < -0.4 is 11.1 Å². The maximum Gasteiger partial charge on any atom is 0.221 e. The highest BCUT2D eigenvalue weighted by Crippen LogP contribution is 2.03. The molecule has 5 heteroatoms. The van der Waals surface area contributed by atoms with Crippen LogP contribution in [-0.2, 0) is 4.79 Å². The number of rotatable bonds is 6. The number of carbonyl (C=O) groups excluding carboxylic acids is 1. The van der Waals surface area contributed by atoms with Gasteiger partial charge in [0.2, 0.25) is 5.91 Å². The summed E-state index contributed by atoms with van der Waals surface area (Å²) in [7, 11) is 2.16. The lowest BCUT2D eigenvalue weighted by Crippen LogP contribution is -2.45. The summed E-state index contributed by atoms with van der Waals surface area (Å²) in [6, 6.07) is 0. The highest BCUT2D eigenvalue weighted by Gasteiger charge is 2.16. The number of nitrogens with one attached hydrogen (secondary N) is 1. The van der Waals surface area contributed by atoms with Gasteiger partial charge < -0.3 is 20.9 Å². The third kappa shape index (κ3) is 6.93. The molecule has 0 bridgehead atoms. The molecule has 3 N–H and O–H groups in total. The molecule has 0 aromatic heterocycles. The molecule has 5 nitrogen and oxygen atoms in total. The summed E-state index contributed by atoms with van der Waals surface area (Å²) in [6.45, 7) is 10.1. The zero-order chi connectivity index (χ0) is 13.6. The summed E-state index contributed by atoms with van der Waals surface area (Å²) in [5.41, 5.74) is 5.38. The van der Waals surface area contributed by atoms with Crippen molar-refractivity contribution in [3.05, 3.63) is 0 Å². The van der Waals surface area contributed by atoms with E-state index in [4.69, 9.17) is 5.73 Å². The van der Waals surface area contributed by atoms with E-state index in [1.807, 2.05) is 13.8 Å². The van der Waals surface area contributed by atoms with Crippen molar-refractivity contribution >= 4 is 5.91 Å². The molecule has 1 saturated heterocycles. The lowest BCUT2D eigenvalue weighted by atomic mass is 10.0. The fourth-order valence-electron chi connectivity index (χ4n) is 2.08. The Labute approximate surface area is 111 Å². The third-order valence-corrected chi connectivity index (χ3v) is 3.19. The van der Waals surface area contributed by atoms with E-state index in [0.717, 1.165) is 45.7 Å². The Morgan fingerprint density at radius 2 is 1.89 bits per heavy atom. The zero-order valence-corrected chi connectivity index (χ0v) is 12.0. The molecular formula is C13H28N4O. The number of carbonyl (C=O) groups is 1.